The van der Waals surface area contributed by atoms with Gasteiger partial charge in [0.25, 0.3) is 0 Å². The number of nitrogens with one attached hydrogen (secondary N) is 2. The summed E-state index contributed by atoms with van der Waals surface area (Å²) in [5, 5.41) is 6.86. The van der Waals surface area contributed by atoms with Gasteiger partial charge in [-0.1, -0.05) is 60.2 Å². The van der Waals surface area contributed by atoms with Gasteiger partial charge in [0.05, 0.1) is 5.52 Å². The predicted octanol–water partition coefficient (Wildman–Crippen LogP) is 3.96. The lowest BCUT2D eigenvalue weighted by Crippen LogP contribution is -2.30. The lowest BCUT2D eigenvalue weighted by atomic mass is 10.2. The van der Waals surface area contributed by atoms with E-state index in [1.165, 1.54) is 4.57 Å². The predicted molar refractivity (Wildman–Crippen MR) is 120 cm³/mol. The fourth-order valence-electron chi connectivity index (χ4n) is 3.28. The molecule has 0 aliphatic rings. The van der Waals surface area contributed by atoms with Gasteiger partial charge in [-0.3, -0.25) is 9.36 Å². The Morgan fingerprint density at radius 3 is 2.40 bits per heavy atom. The van der Waals surface area contributed by atoms with E-state index in [-0.39, 0.29) is 12.5 Å². The van der Waals surface area contributed by atoms with Gasteiger partial charge in [0.15, 0.2) is 0 Å². The van der Waals surface area contributed by atoms with Crippen molar-refractivity contribution in [2.24, 2.45) is 0 Å². The van der Waals surface area contributed by atoms with Crippen molar-refractivity contribution in [2.75, 3.05) is 10.6 Å². The summed E-state index contributed by atoms with van der Waals surface area (Å²) in [5.74, 6) is 0.229. The molecule has 0 saturated heterocycles. The first-order valence-electron chi connectivity index (χ1n) is 9.74. The number of anilines is 2. The Labute approximate surface area is 174 Å². The number of nitrogens with zero attached hydrogens (tertiary/aromatic N) is 2. The molecule has 150 valence electrons. The van der Waals surface area contributed by atoms with Crippen LogP contribution in [-0.4, -0.2) is 15.5 Å². The number of rotatable bonds is 6. The molecule has 0 radical (unpaired) electrons. The van der Waals surface area contributed by atoms with E-state index in [1.54, 1.807) is 0 Å². The molecule has 3 aromatic carbocycles. The second-order valence-corrected chi connectivity index (χ2v) is 7.10. The minimum absolute atomic E-state index is 0.112. The lowest BCUT2D eigenvalue weighted by Gasteiger charge is -2.14. The SMILES string of the molecule is Cc1ccc(NC(=O)Cn2c(=O)nc(NCc3ccccc3)c3ccccc32)cc1. The normalized spacial score (nSPS) is 10.7. The van der Waals surface area contributed by atoms with Gasteiger partial charge in [0.1, 0.15) is 12.4 Å². The Balaban J connectivity index is 1.59. The standard InChI is InChI=1S/C24H22N4O2/c1-17-11-13-19(14-12-17)26-22(29)16-28-21-10-6-5-9-20(21)23(27-24(28)30)25-15-18-7-3-2-4-8-18/h2-14H,15-16H2,1H3,(H,26,29)(H,25,27,30). The van der Waals surface area contributed by atoms with Crippen molar-refractivity contribution < 1.29 is 4.79 Å². The molecule has 0 unspecified atom stereocenters. The number of amides is 1. The third-order valence-corrected chi connectivity index (χ3v) is 4.83. The second kappa shape index (κ2) is 8.61. The molecule has 4 aromatic rings. The second-order valence-electron chi connectivity index (χ2n) is 7.10. The molecule has 0 aliphatic heterocycles. The van der Waals surface area contributed by atoms with Crippen LogP contribution in [-0.2, 0) is 17.9 Å². The molecule has 0 fully saturated rings. The number of para-hydroxylation sites is 1. The van der Waals surface area contributed by atoms with Crippen LogP contribution in [0, 0.1) is 6.92 Å². The van der Waals surface area contributed by atoms with Crippen molar-refractivity contribution in [2.45, 2.75) is 20.0 Å². The molecule has 4 rings (SSSR count). The van der Waals surface area contributed by atoms with Crippen molar-refractivity contribution in [1.82, 2.24) is 9.55 Å². The number of benzene rings is 3. The van der Waals surface area contributed by atoms with Gasteiger partial charge in [0, 0.05) is 17.6 Å². The molecule has 6 heteroatoms. The highest BCUT2D eigenvalue weighted by Gasteiger charge is 2.13. The van der Waals surface area contributed by atoms with Gasteiger partial charge in [-0.25, -0.2) is 4.79 Å². The maximum absolute atomic E-state index is 12.7. The quantitative estimate of drug-likeness (QED) is 0.516. The van der Waals surface area contributed by atoms with Crippen LogP contribution >= 0.6 is 0 Å². The van der Waals surface area contributed by atoms with Crippen molar-refractivity contribution in [3.8, 4) is 0 Å². The van der Waals surface area contributed by atoms with E-state index in [2.05, 4.69) is 15.6 Å². The number of aromatic nitrogens is 2. The van der Waals surface area contributed by atoms with E-state index in [0.29, 0.717) is 23.6 Å². The molecule has 6 nitrogen and oxygen atoms in total. The molecule has 1 heterocycles. The van der Waals surface area contributed by atoms with Crippen LogP contribution < -0.4 is 16.3 Å². The van der Waals surface area contributed by atoms with Crippen LogP contribution in [0.25, 0.3) is 10.9 Å². The summed E-state index contributed by atoms with van der Waals surface area (Å²) in [5.41, 5.74) is 3.08. The Morgan fingerprint density at radius 1 is 0.933 bits per heavy atom. The minimum atomic E-state index is -0.469. The first-order valence-corrected chi connectivity index (χ1v) is 9.74. The molecule has 0 atom stereocenters. The number of hydrogen-bond acceptors (Lipinski definition) is 4. The summed E-state index contributed by atoms with van der Waals surface area (Å²) in [6.07, 6.45) is 0. The summed E-state index contributed by atoms with van der Waals surface area (Å²) in [6.45, 7) is 2.42. The number of aryl methyl sites for hydroxylation is 1. The molecule has 0 aliphatic carbocycles. The zero-order valence-electron chi connectivity index (χ0n) is 16.6. The van der Waals surface area contributed by atoms with Gasteiger partial charge in [-0.2, -0.15) is 4.98 Å². The maximum atomic E-state index is 12.7. The van der Waals surface area contributed by atoms with Gasteiger partial charge in [0.2, 0.25) is 5.91 Å². The van der Waals surface area contributed by atoms with Crippen LogP contribution in [0.5, 0.6) is 0 Å². The van der Waals surface area contributed by atoms with E-state index < -0.39 is 5.69 Å². The molecule has 2 N–H and O–H groups in total. The van der Waals surface area contributed by atoms with Gasteiger partial charge in [-0.05, 0) is 36.8 Å². The van der Waals surface area contributed by atoms with E-state index in [0.717, 1.165) is 16.5 Å². The smallest absolute Gasteiger partial charge is 0.350 e. The van der Waals surface area contributed by atoms with E-state index in [1.807, 2.05) is 85.8 Å². The van der Waals surface area contributed by atoms with Crippen LogP contribution in [0.2, 0.25) is 0 Å². The zero-order chi connectivity index (χ0) is 20.9. The van der Waals surface area contributed by atoms with Gasteiger partial charge >= 0.3 is 5.69 Å². The monoisotopic (exact) mass is 398 g/mol. The zero-order valence-corrected chi connectivity index (χ0v) is 16.6. The maximum Gasteiger partial charge on any atom is 0.350 e. The first kappa shape index (κ1) is 19.4. The molecule has 0 spiro atoms. The number of hydrogen-bond donors (Lipinski definition) is 2. The highest BCUT2D eigenvalue weighted by molar-refractivity contribution is 5.93. The molecule has 30 heavy (non-hydrogen) atoms. The molecule has 1 amide bonds. The van der Waals surface area contributed by atoms with Crippen molar-refractivity contribution in [3.63, 3.8) is 0 Å². The van der Waals surface area contributed by atoms with Crippen LogP contribution in [0.4, 0.5) is 11.5 Å². The molecular formula is C24H22N4O2. The van der Waals surface area contributed by atoms with E-state index in [4.69, 9.17) is 0 Å². The molecule has 0 saturated carbocycles. The summed E-state index contributed by atoms with van der Waals surface area (Å²) >= 11 is 0. The lowest BCUT2D eigenvalue weighted by molar-refractivity contribution is -0.116. The topological polar surface area (TPSA) is 76.0 Å². The average Bonchev–Trinajstić information content (AvgIpc) is 2.77. The Kier molecular flexibility index (Phi) is 5.57. The molecule has 1 aromatic heterocycles. The number of carbonyl (C=O) groups excluding carboxylic acids is 1. The Bertz CT molecular complexity index is 1230. The average molecular weight is 398 g/mol. The fourth-order valence-corrected chi connectivity index (χ4v) is 3.28. The van der Waals surface area contributed by atoms with E-state index in [9.17, 15) is 9.59 Å². The summed E-state index contributed by atoms with van der Waals surface area (Å²) in [6, 6.07) is 24.9. The summed E-state index contributed by atoms with van der Waals surface area (Å²) < 4.78 is 1.40. The first-order chi connectivity index (χ1) is 14.6. The number of carbonyl (C=O) groups is 1. The summed E-state index contributed by atoms with van der Waals surface area (Å²) in [4.78, 5) is 29.5. The van der Waals surface area contributed by atoms with Crippen LogP contribution in [0.3, 0.4) is 0 Å². The number of fused-ring (bicyclic) bond motifs is 1. The van der Waals surface area contributed by atoms with Gasteiger partial charge < -0.3 is 10.6 Å². The minimum Gasteiger partial charge on any atom is -0.365 e. The van der Waals surface area contributed by atoms with Crippen LogP contribution in [0.15, 0.2) is 83.7 Å². The van der Waals surface area contributed by atoms with Crippen LogP contribution in [0.1, 0.15) is 11.1 Å². The molecular weight excluding hydrogens is 376 g/mol. The summed E-state index contributed by atoms with van der Waals surface area (Å²) in [7, 11) is 0. The highest BCUT2D eigenvalue weighted by atomic mass is 16.2. The fraction of sp³-hybridized carbons (Fsp3) is 0.125. The van der Waals surface area contributed by atoms with Crippen molar-refractivity contribution >= 4 is 28.3 Å². The largest absolute Gasteiger partial charge is 0.365 e. The molecule has 0 bridgehead atoms. The highest BCUT2D eigenvalue weighted by Crippen LogP contribution is 2.20. The van der Waals surface area contributed by atoms with Crippen molar-refractivity contribution in [3.05, 3.63) is 100 Å². The third-order valence-electron chi connectivity index (χ3n) is 4.83. The third kappa shape index (κ3) is 4.38. The van der Waals surface area contributed by atoms with E-state index >= 15 is 0 Å². The Morgan fingerprint density at radius 2 is 1.63 bits per heavy atom. The van der Waals surface area contributed by atoms with Crippen molar-refractivity contribution in [1.29, 1.82) is 0 Å². The van der Waals surface area contributed by atoms with Gasteiger partial charge in [-0.15, -0.1) is 0 Å². The Hall–Kier alpha value is -3.93.